The lowest BCUT2D eigenvalue weighted by atomic mass is 10.0. The smallest absolute Gasteiger partial charge is 0.223 e. The summed E-state index contributed by atoms with van der Waals surface area (Å²) in [5.41, 5.74) is 3.39. The summed E-state index contributed by atoms with van der Waals surface area (Å²) >= 11 is 0. The van der Waals surface area contributed by atoms with Crippen LogP contribution in [0.15, 0.2) is 54.6 Å². The zero-order chi connectivity index (χ0) is 14.4. The molecular formula is C17H20N2O. The van der Waals surface area contributed by atoms with Crippen LogP contribution in [-0.4, -0.2) is 31.4 Å². The number of nitrogens with one attached hydrogen (secondary N) is 1. The fraction of sp³-hybridized carbons (Fsp3) is 0.235. The summed E-state index contributed by atoms with van der Waals surface area (Å²) in [6, 6.07) is 18.4. The number of para-hydroxylation sites is 1. The molecule has 0 aromatic heterocycles. The molecule has 2 rings (SSSR count). The van der Waals surface area contributed by atoms with Crippen LogP contribution in [0.25, 0.3) is 11.1 Å². The number of rotatable bonds is 5. The van der Waals surface area contributed by atoms with E-state index in [-0.39, 0.29) is 5.91 Å². The van der Waals surface area contributed by atoms with E-state index in [1.807, 2.05) is 36.4 Å². The minimum atomic E-state index is 0.134. The molecule has 0 atom stereocenters. The highest BCUT2D eigenvalue weighted by Gasteiger charge is 2.06. The molecule has 2 aromatic rings. The van der Waals surface area contributed by atoms with Crippen molar-refractivity contribution in [2.24, 2.45) is 0 Å². The number of amides is 1. The van der Waals surface area contributed by atoms with Crippen molar-refractivity contribution in [2.75, 3.05) is 26.0 Å². The first-order valence-corrected chi connectivity index (χ1v) is 6.77. The molecule has 0 radical (unpaired) electrons. The van der Waals surface area contributed by atoms with E-state index in [0.29, 0.717) is 13.0 Å². The molecule has 0 bridgehead atoms. The predicted molar refractivity (Wildman–Crippen MR) is 83.7 cm³/mol. The number of anilines is 1. The van der Waals surface area contributed by atoms with Crippen LogP contribution in [0.5, 0.6) is 0 Å². The lowest BCUT2D eigenvalue weighted by Crippen LogP contribution is -2.23. The van der Waals surface area contributed by atoms with Gasteiger partial charge >= 0.3 is 0 Å². The van der Waals surface area contributed by atoms with Gasteiger partial charge in [-0.2, -0.15) is 0 Å². The van der Waals surface area contributed by atoms with E-state index in [1.54, 1.807) is 19.0 Å². The maximum atomic E-state index is 11.6. The second-order valence-corrected chi connectivity index (χ2v) is 4.88. The summed E-state index contributed by atoms with van der Waals surface area (Å²) in [6.45, 7) is 0.640. The number of hydrogen-bond acceptors (Lipinski definition) is 2. The summed E-state index contributed by atoms with van der Waals surface area (Å²) < 4.78 is 0. The molecule has 0 heterocycles. The van der Waals surface area contributed by atoms with Gasteiger partial charge in [0, 0.05) is 38.3 Å². The van der Waals surface area contributed by atoms with Crippen molar-refractivity contribution in [1.82, 2.24) is 4.90 Å². The second kappa shape index (κ2) is 6.75. The third kappa shape index (κ3) is 3.60. The standard InChI is InChI=1S/C17H20N2O/c1-19(2)17(20)12-13-18-16-11-7-6-10-15(16)14-8-4-3-5-9-14/h3-11,18H,12-13H2,1-2H3. The van der Waals surface area contributed by atoms with Crippen molar-refractivity contribution in [2.45, 2.75) is 6.42 Å². The van der Waals surface area contributed by atoms with Crippen LogP contribution in [-0.2, 0) is 4.79 Å². The molecule has 0 aliphatic rings. The summed E-state index contributed by atoms with van der Waals surface area (Å²) in [4.78, 5) is 13.2. The lowest BCUT2D eigenvalue weighted by Gasteiger charge is -2.14. The highest BCUT2D eigenvalue weighted by Crippen LogP contribution is 2.27. The van der Waals surface area contributed by atoms with E-state index < -0.39 is 0 Å². The molecule has 20 heavy (non-hydrogen) atoms. The van der Waals surface area contributed by atoms with Crippen molar-refractivity contribution < 1.29 is 4.79 Å². The molecule has 104 valence electrons. The number of nitrogens with zero attached hydrogens (tertiary/aromatic N) is 1. The molecule has 0 saturated heterocycles. The van der Waals surface area contributed by atoms with Gasteiger partial charge in [0.2, 0.25) is 5.91 Å². The van der Waals surface area contributed by atoms with Crippen LogP contribution < -0.4 is 5.32 Å². The average molecular weight is 268 g/mol. The maximum Gasteiger partial charge on any atom is 0.223 e. The van der Waals surface area contributed by atoms with Gasteiger partial charge in [0.25, 0.3) is 0 Å². The second-order valence-electron chi connectivity index (χ2n) is 4.88. The van der Waals surface area contributed by atoms with Gasteiger partial charge in [-0.15, -0.1) is 0 Å². The van der Waals surface area contributed by atoms with Gasteiger partial charge in [0.1, 0.15) is 0 Å². The van der Waals surface area contributed by atoms with Crippen molar-refractivity contribution in [1.29, 1.82) is 0 Å². The van der Waals surface area contributed by atoms with E-state index in [1.165, 1.54) is 5.56 Å². The van der Waals surface area contributed by atoms with E-state index in [0.717, 1.165) is 11.3 Å². The fourth-order valence-corrected chi connectivity index (χ4v) is 2.03. The van der Waals surface area contributed by atoms with Crippen LogP contribution in [0, 0.1) is 0 Å². The quantitative estimate of drug-likeness (QED) is 0.903. The summed E-state index contributed by atoms with van der Waals surface area (Å²) in [5, 5.41) is 3.35. The summed E-state index contributed by atoms with van der Waals surface area (Å²) in [7, 11) is 3.56. The molecule has 1 amide bonds. The van der Waals surface area contributed by atoms with Gasteiger partial charge < -0.3 is 10.2 Å². The minimum Gasteiger partial charge on any atom is -0.384 e. The number of benzene rings is 2. The Kier molecular flexibility index (Phi) is 4.77. The lowest BCUT2D eigenvalue weighted by molar-refractivity contribution is -0.128. The van der Waals surface area contributed by atoms with E-state index >= 15 is 0 Å². The average Bonchev–Trinajstić information content (AvgIpc) is 2.48. The van der Waals surface area contributed by atoms with Gasteiger partial charge in [0.15, 0.2) is 0 Å². The first kappa shape index (κ1) is 14.1. The Balaban J connectivity index is 2.08. The van der Waals surface area contributed by atoms with Crippen molar-refractivity contribution in [3.8, 4) is 11.1 Å². The molecule has 0 unspecified atom stereocenters. The number of carbonyl (C=O) groups excluding carboxylic acids is 1. The summed E-state index contributed by atoms with van der Waals surface area (Å²) in [6.07, 6.45) is 0.496. The fourth-order valence-electron chi connectivity index (χ4n) is 2.03. The molecular weight excluding hydrogens is 248 g/mol. The van der Waals surface area contributed by atoms with E-state index in [9.17, 15) is 4.79 Å². The van der Waals surface area contributed by atoms with Gasteiger partial charge in [0.05, 0.1) is 0 Å². The summed E-state index contributed by atoms with van der Waals surface area (Å²) in [5.74, 6) is 0.134. The maximum absolute atomic E-state index is 11.6. The van der Waals surface area contributed by atoms with Gasteiger partial charge in [-0.05, 0) is 11.6 Å². The number of carbonyl (C=O) groups is 1. The Morgan fingerprint density at radius 2 is 1.65 bits per heavy atom. The van der Waals surface area contributed by atoms with Crippen molar-refractivity contribution >= 4 is 11.6 Å². The normalized spacial score (nSPS) is 10.1. The van der Waals surface area contributed by atoms with Crippen LogP contribution in [0.4, 0.5) is 5.69 Å². The molecule has 0 saturated carbocycles. The van der Waals surface area contributed by atoms with Crippen molar-refractivity contribution in [3.05, 3.63) is 54.6 Å². The third-order valence-corrected chi connectivity index (χ3v) is 3.16. The van der Waals surface area contributed by atoms with E-state index in [2.05, 4.69) is 23.5 Å². The minimum absolute atomic E-state index is 0.134. The molecule has 0 spiro atoms. The zero-order valence-electron chi connectivity index (χ0n) is 12.0. The molecule has 0 aliphatic carbocycles. The third-order valence-electron chi connectivity index (χ3n) is 3.16. The van der Waals surface area contributed by atoms with Crippen LogP contribution in [0.1, 0.15) is 6.42 Å². The van der Waals surface area contributed by atoms with Crippen LogP contribution in [0.2, 0.25) is 0 Å². The highest BCUT2D eigenvalue weighted by molar-refractivity contribution is 5.79. The zero-order valence-corrected chi connectivity index (χ0v) is 12.0. The first-order valence-electron chi connectivity index (χ1n) is 6.77. The Morgan fingerprint density at radius 3 is 2.35 bits per heavy atom. The highest BCUT2D eigenvalue weighted by atomic mass is 16.2. The van der Waals surface area contributed by atoms with E-state index in [4.69, 9.17) is 0 Å². The van der Waals surface area contributed by atoms with Crippen LogP contribution >= 0.6 is 0 Å². The Bertz CT molecular complexity index is 564. The SMILES string of the molecule is CN(C)C(=O)CCNc1ccccc1-c1ccccc1. The van der Waals surface area contributed by atoms with Crippen LogP contribution in [0.3, 0.4) is 0 Å². The Labute approximate surface area is 120 Å². The molecule has 2 aromatic carbocycles. The monoisotopic (exact) mass is 268 g/mol. The largest absolute Gasteiger partial charge is 0.384 e. The molecule has 0 aliphatic heterocycles. The molecule has 1 N–H and O–H groups in total. The predicted octanol–water partition coefficient (Wildman–Crippen LogP) is 3.24. The topological polar surface area (TPSA) is 32.3 Å². The Hall–Kier alpha value is -2.29. The molecule has 3 nitrogen and oxygen atoms in total. The first-order chi connectivity index (χ1) is 9.68. The Morgan fingerprint density at radius 1 is 1.00 bits per heavy atom. The van der Waals surface area contributed by atoms with Gasteiger partial charge in [-0.1, -0.05) is 48.5 Å². The van der Waals surface area contributed by atoms with Crippen molar-refractivity contribution in [3.63, 3.8) is 0 Å². The molecule has 3 heteroatoms. The number of hydrogen-bond donors (Lipinski definition) is 1. The molecule has 0 fully saturated rings. The van der Waals surface area contributed by atoms with Gasteiger partial charge in [-0.3, -0.25) is 4.79 Å². The van der Waals surface area contributed by atoms with Gasteiger partial charge in [-0.25, -0.2) is 0 Å².